The van der Waals surface area contributed by atoms with E-state index < -0.39 is 0 Å². The minimum atomic E-state index is 0.773. The van der Waals surface area contributed by atoms with Crippen LogP contribution < -0.4 is 4.90 Å². The van der Waals surface area contributed by atoms with Crippen LogP contribution in [-0.2, 0) is 4.74 Å². The van der Waals surface area contributed by atoms with E-state index in [1.54, 1.807) is 0 Å². The molecule has 0 bridgehead atoms. The summed E-state index contributed by atoms with van der Waals surface area (Å²) in [5.74, 6) is 0. The molecule has 0 saturated carbocycles. The fraction of sp³-hybridized carbons (Fsp3) is 0.538. The second-order valence-electron chi connectivity index (χ2n) is 4.04. The average molecular weight is 327 g/mol. The number of rotatable bonds is 1. The summed E-state index contributed by atoms with van der Waals surface area (Å²) in [6.07, 6.45) is 1.81. The Hall–Kier alpha value is -1.14. The lowest BCUT2D eigenvalue weighted by atomic mass is 10.3. The molecule has 0 N–H and O–H groups in total. The van der Waals surface area contributed by atoms with Crippen molar-refractivity contribution >= 4 is 27.3 Å². The van der Waals surface area contributed by atoms with Gasteiger partial charge in [-0.15, -0.1) is 0 Å². The van der Waals surface area contributed by atoms with Crippen molar-refractivity contribution in [1.29, 1.82) is 0 Å². The van der Waals surface area contributed by atoms with Crippen molar-refractivity contribution in [3.63, 3.8) is 0 Å². The Bertz CT molecular complexity index is 549. The van der Waals surface area contributed by atoms with Crippen LogP contribution in [0.2, 0.25) is 0 Å². The van der Waals surface area contributed by atoms with Crippen LogP contribution in [0.1, 0.15) is 19.5 Å². The predicted molar refractivity (Wildman–Crippen MR) is 79.8 cm³/mol. The van der Waals surface area contributed by atoms with Crippen molar-refractivity contribution in [1.82, 2.24) is 14.6 Å². The Balaban J connectivity index is 0.000000637. The molecule has 104 valence electrons. The van der Waals surface area contributed by atoms with Gasteiger partial charge in [-0.1, -0.05) is 13.8 Å². The average Bonchev–Trinajstić information content (AvgIpc) is 2.78. The van der Waals surface area contributed by atoms with Crippen molar-refractivity contribution in [2.24, 2.45) is 0 Å². The summed E-state index contributed by atoms with van der Waals surface area (Å²) in [6.45, 7) is 9.33. The van der Waals surface area contributed by atoms with Crippen LogP contribution in [0.15, 0.2) is 16.9 Å². The highest BCUT2D eigenvalue weighted by Crippen LogP contribution is 2.25. The number of anilines is 1. The molecule has 1 saturated heterocycles. The highest BCUT2D eigenvalue weighted by molar-refractivity contribution is 9.10. The largest absolute Gasteiger partial charge is 0.378 e. The number of hydrogen-bond acceptors (Lipinski definition) is 4. The molecule has 2 aromatic heterocycles. The maximum atomic E-state index is 5.37. The van der Waals surface area contributed by atoms with E-state index in [2.05, 4.69) is 30.9 Å². The smallest absolute Gasteiger partial charge is 0.178 e. The highest BCUT2D eigenvalue weighted by atomic mass is 79.9. The van der Waals surface area contributed by atoms with Gasteiger partial charge in [-0.25, -0.2) is 9.50 Å². The molecule has 19 heavy (non-hydrogen) atoms. The monoisotopic (exact) mass is 326 g/mol. The lowest BCUT2D eigenvalue weighted by Gasteiger charge is -2.28. The van der Waals surface area contributed by atoms with Gasteiger partial charge in [-0.05, 0) is 28.9 Å². The van der Waals surface area contributed by atoms with E-state index in [1.807, 2.05) is 37.5 Å². The first kappa shape index (κ1) is 14.3. The van der Waals surface area contributed by atoms with E-state index in [0.717, 1.165) is 47.9 Å². The quantitative estimate of drug-likeness (QED) is 0.808. The first-order valence-corrected chi connectivity index (χ1v) is 7.39. The van der Waals surface area contributed by atoms with Crippen LogP contribution in [0.3, 0.4) is 0 Å². The molecule has 0 amide bonds. The van der Waals surface area contributed by atoms with Gasteiger partial charge in [0, 0.05) is 13.1 Å². The third kappa shape index (κ3) is 2.74. The third-order valence-electron chi connectivity index (χ3n) is 2.95. The van der Waals surface area contributed by atoms with Crippen LogP contribution >= 0.6 is 15.9 Å². The highest BCUT2D eigenvalue weighted by Gasteiger charge is 2.17. The van der Waals surface area contributed by atoms with Gasteiger partial charge in [0.15, 0.2) is 5.65 Å². The summed E-state index contributed by atoms with van der Waals surface area (Å²) in [7, 11) is 0. The van der Waals surface area contributed by atoms with Crippen molar-refractivity contribution in [2.75, 3.05) is 31.2 Å². The summed E-state index contributed by atoms with van der Waals surface area (Å²) in [6, 6.07) is 2.01. The summed E-state index contributed by atoms with van der Waals surface area (Å²) < 4.78 is 8.12. The second-order valence-corrected chi connectivity index (χ2v) is 4.79. The number of aromatic nitrogens is 3. The van der Waals surface area contributed by atoms with E-state index >= 15 is 0 Å². The zero-order valence-electron chi connectivity index (χ0n) is 11.6. The Morgan fingerprint density at radius 1 is 1.26 bits per heavy atom. The molecule has 1 aliphatic rings. The summed E-state index contributed by atoms with van der Waals surface area (Å²) in [4.78, 5) is 6.85. The molecule has 3 rings (SSSR count). The molecule has 6 heteroatoms. The normalized spacial score (nSPS) is 15.3. The molecule has 0 aromatic carbocycles. The summed E-state index contributed by atoms with van der Waals surface area (Å²) in [5.41, 5.74) is 2.98. The minimum Gasteiger partial charge on any atom is -0.378 e. The van der Waals surface area contributed by atoms with E-state index in [-0.39, 0.29) is 0 Å². The van der Waals surface area contributed by atoms with E-state index in [1.165, 1.54) is 0 Å². The minimum absolute atomic E-state index is 0.773. The first-order chi connectivity index (χ1) is 9.27. The lowest BCUT2D eigenvalue weighted by molar-refractivity contribution is 0.123. The number of aryl methyl sites for hydroxylation is 1. The fourth-order valence-electron chi connectivity index (χ4n) is 2.07. The van der Waals surface area contributed by atoms with Gasteiger partial charge >= 0.3 is 0 Å². The molecule has 0 aliphatic carbocycles. The van der Waals surface area contributed by atoms with Crippen molar-refractivity contribution in [3.05, 3.63) is 22.6 Å². The molecule has 1 fully saturated rings. The number of imidazole rings is 1. The van der Waals surface area contributed by atoms with Gasteiger partial charge in [0.1, 0.15) is 4.60 Å². The summed E-state index contributed by atoms with van der Waals surface area (Å²) >= 11 is 3.50. The SMILES string of the molecule is CC.Cc1nc2c(N3CCOCC3)ccnn2c1Br. The van der Waals surface area contributed by atoms with E-state index in [0.29, 0.717) is 0 Å². The topological polar surface area (TPSA) is 42.7 Å². The second kappa shape index (κ2) is 6.34. The van der Waals surface area contributed by atoms with Crippen LogP contribution in [0.4, 0.5) is 5.69 Å². The lowest BCUT2D eigenvalue weighted by Crippen LogP contribution is -2.36. The standard InChI is InChI=1S/C11H13BrN4O.C2H6/c1-8-10(12)16-11(14-8)9(2-3-13-16)15-4-6-17-7-5-15;1-2/h2-3H,4-7H2,1H3;1-2H3. The molecular formula is C13H19BrN4O. The molecular weight excluding hydrogens is 308 g/mol. The Kier molecular flexibility index (Phi) is 4.76. The van der Waals surface area contributed by atoms with Crippen LogP contribution in [-0.4, -0.2) is 40.9 Å². The Morgan fingerprint density at radius 3 is 2.63 bits per heavy atom. The third-order valence-corrected chi connectivity index (χ3v) is 3.86. The Morgan fingerprint density at radius 2 is 1.95 bits per heavy atom. The van der Waals surface area contributed by atoms with Crippen LogP contribution in [0, 0.1) is 6.92 Å². The first-order valence-electron chi connectivity index (χ1n) is 6.60. The van der Waals surface area contributed by atoms with Gasteiger partial charge in [-0.2, -0.15) is 5.10 Å². The number of halogens is 1. The fourth-order valence-corrected chi connectivity index (χ4v) is 2.41. The zero-order chi connectivity index (χ0) is 13.8. The molecule has 0 unspecified atom stereocenters. The van der Waals surface area contributed by atoms with Gasteiger partial charge < -0.3 is 9.64 Å². The molecule has 2 aromatic rings. The number of ether oxygens (including phenoxy) is 1. The zero-order valence-corrected chi connectivity index (χ0v) is 13.1. The molecule has 1 aliphatic heterocycles. The van der Waals surface area contributed by atoms with Crippen molar-refractivity contribution in [3.8, 4) is 0 Å². The molecule has 0 radical (unpaired) electrons. The summed E-state index contributed by atoms with van der Waals surface area (Å²) in [5, 5.41) is 4.31. The van der Waals surface area contributed by atoms with Gasteiger partial charge in [0.2, 0.25) is 0 Å². The van der Waals surface area contributed by atoms with Gasteiger partial charge in [-0.3, -0.25) is 0 Å². The Labute approximate surface area is 121 Å². The molecule has 3 heterocycles. The number of hydrogen-bond donors (Lipinski definition) is 0. The van der Waals surface area contributed by atoms with Crippen molar-refractivity contribution in [2.45, 2.75) is 20.8 Å². The van der Waals surface area contributed by atoms with E-state index in [4.69, 9.17) is 4.74 Å². The maximum absolute atomic E-state index is 5.37. The number of fused-ring (bicyclic) bond motifs is 1. The maximum Gasteiger partial charge on any atom is 0.178 e. The number of nitrogens with zero attached hydrogens (tertiary/aromatic N) is 4. The molecule has 0 spiro atoms. The molecule has 0 atom stereocenters. The van der Waals surface area contributed by atoms with Crippen LogP contribution in [0.25, 0.3) is 5.65 Å². The van der Waals surface area contributed by atoms with Gasteiger partial charge in [0.05, 0.1) is 30.8 Å². The van der Waals surface area contributed by atoms with Crippen molar-refractivity contribution < 1.29 is 4.74 Å². The number of morpholine rings is 1. The van der Waals surface area contributed by atoms with Gasteiger partial charge in [0.25, 0.3) is 0 Å². The predicted octanol–water partition coefficient (Wildman–Crippen LogP) is 2.66. The van der Waals surface area contributed by atoms with E-state index in [9.17, 15) is 0 Å². The molecule has 5 nitrogen and oxygen atoms in total. The van der Waals surface area contributed by atoms with Crippen LogP contribution in [0.5, 0.6) is 0 Å².